The maximum absolute atomic E-state index is 10.7. The Bertz CT molecular complexity index is 673. The minimum Gasteiger partial charge on any atom is -0.481 e. The van der Waals surface area contributed by atoms with E-state index >= 15 is 0 Å². The molecule has 0 spiro atoms. The van der Waals surface area contributed by atoms with Crippen molar-refractivity contribution in [1.29, 1.82) is 0 Å². The highest BCUT2D eigenvalue weighted by molar-refractivity contribution is 7.99. The number of halogens is 2. The van der Waals surface area contributed by atoms with Crippen LogP contribution < -0.4 is 0 Å². The van der Waals surface area contributed by atoms with Gasteiger partial charge in [0.1, 0.15) is 0 Å². The van der Waals surface area contributed by atoms with Crippen LogP contribution in [0.15, 0.2) is 23.4 Å². The highest BCUT2D eigenvalue weighted by atomic mass is 35.5. The normalized spacial score (nSPS) is 11.1. The third-order valence-electron chi connectivity index (χ3n) is 2.67. The predicted molar refractivity (Wildman–Crippen MR) is 84.2 cm³/mol. The highest BCUT2D eigenvalue weighted by Crippen LogP contribution is 2.33. The van der Waals surface area contributed by atoms with Crippen molar-refractivity contribution in [2.75, 3.05) is 5.75 Å². The molecule has 0 bridgehead atoms. The Morgan fingerprint density at radius 2 is 2.10 bits per heavy atom. The van der Waals surface area contributed by atoms with E-state index in [1.807, 2.05) is 18.4 Å². The summed E-state index contributed by atoms with van der Waals surface area (Å²) in [5, 5.41) is 18.6. The van der Waals surface area contributed by atoms with Crippen molar-refractivity contribution in [2.45, 2.75) is 25.0 Å². The molecule has 1 heterocycles. The Kier molecular flexibility index (Phi) is 5.13. The molecule has 1 N–H and O–H groups in total. The van der Waals surface area contributed by atoms with E-state index in [9.17, 15) is 4.79 Å². The second-order valence-electron chi connectivity index (χ2n) is 4.58. The van der Waals surface area contributed by atoms with Crippen LogP contribution in [0.1, 0.15) is 19.9 Å². The summed E-state index contributed by atoms with van der Waals surface area (Å²) in [7, 11) is 0. The molecule has 0 aliphatic carbocycles. The van der Waals surface area contributed by atoms with Crippen molar-refractivity contribution >= 4 is 40.9 Å². The number of aromatic nitrogens is 3. The summed E-state index contributed by atoms with van der Waals surface area (Å²) < 4.78 is 1.85. The van der Waals surface area contributed by atoms with Crippen molar-refractivity contribution in [3.05, 3.63) is 28.2 Å². The van der Waals surface area contributed by atoms with E-state index in [0.29, 0.717) is 26.6 Å². The van der Waals surface area contributed by atoms with E-state index in [1.54, 1.807) is 18.2 Å². The number of hydrogen-bond acceptors (Lipinski definition) is 4. The molecule has 112 valence electrons. The molecule has 0 aliphatic rings. The number of carboxylic acid groups (broad SMARTS) is 1. The molecule has 0 amide bonds. The molecule has 0 fully saturated rings. The smallest absolute Gasteiger partial charge is 0.313 e. The summed E-state index contributed by atoms with van der Waals surface area (Å²) in [6.07, 6.45) is 0. The van der Waals surface area contributed by atoms with Crippen LogP contribution in [-0.4, -0.2) is 31.6 Å². The van der Waals surface area contributed by atoms with Crippen molar-refractivity contribution in [2.24, 2.45) is 0 Å². The lowest BCUT2D eigenvalue weighted by atomic mass is 10.2. The largest absolute Gasteiger partial charge is 0.481 e. The molecule has 5 nitrogen and oxygen atoms in total. The molecule has 0 aliphatic heterocycles. The fourth-order valence-corrected chi connectivity index (χ4v) is 2.98. The topological polar surface area (TPSA) is 68.0 Å². The molecule has 1 aromatic heterocycles. The van der Waals surface area contributed by atoms with E-state index < -0.39 is 5.97 Å². The Hall–Kier alpha value is -1.24. The third kappa shape index (κ3) is 3.70. The van der Waals surface area contributed by atoms with Crippen molar-refractivity contribution in [3.8, 4) is 11.4 Å². The van der Waals surface area contributed by atoms with E-state index in [1.165, 1.54) is 0 Å². The first-order chi connectivity index (χ1) is 9.90. The maximum Gasteiger partial charge on any atom is 0.313 e. The number of hydrogen-bond donors (Lipinski definition) is 1. The fourth-order valence-electron chi connectivity index (χ4n) is 1.82. The maximum atomic E-state index is 10.7. The molecule has 0 unspecified atom stereocenters. The van der Waals surface area contributed by atoms with Gasteiger partial charge in [-0.05, 0) is 32.0 Å². The second kappa shape index (κ2) is 6.68. The monoisotopic (exact) mass is 345 g/mol. The first-order valence-electron chi connectivity index (χ1n) is 6.15. The number of benzene rings is 1. The Balaban J connectivity index is 2.49. The Labute approximate surface area is 136 Å². The van der Waals surface area contributed by atoms with Gasteiger partial charge in [0.05, 0.1) is 10.8 Å². The summed E-state index contributed by atoms with van der Waals surface area (Å²) >= 11 is 13.3. The molecule has 21 heavy (non-hydrogen) atoms. The van der Waals surface area contributed by atoms with Crippen LogP contribution in [0.2, 0.25) is 10.0 Å². The molecule has 8 heteroatoms. The van der Waals surface area contributed by atoms with Gasteiger partial charge in [-0.15, -0.1) is 10.2 Å². The Morgan fingerprint density at radius 3 is 2.71 bits per heavy atom. The third-order valence-corrected chi connectivity index (χ3v) is 4.17. The van der Waals surface area contributed by atoms with Crippen LogP contribution in [0.4, 0.5) is 0 Å². The minimum absolute atomic E-state index is 0.0568. The molecule has 0 radical (unpaired) electrons. The molecule has 1 aromatic carbocycles. The SMILES string of the molecule is CC(C)n1c(SCC(=O)O)nnc1-c1cc(Cl)ccc1Cl. The number of carboxylic acids is 1. The van der Waals surface area contributed by atoms with Gasteiger partial charge >= 0.3 is 5.97 Å². The van der Waals surface area contributed by atoms with Gasteiger partial charge in [0.25, 0.3) is 0 Å². The lowest BCUT2D eigenvalue weighted by Crippen LogP contribution is -2.07. The molecular formula is C13H13Cl2N3O2S. The standard InChI is InChI=1S/C13H13Cl2N3O2S/c1-7(2)18-12(9-5-8(14)3-4-10(9)15)16-17-13(18)21-6-11(19)20/h3-5,7H,6H2,1-2H3,(H,19,20). The zero-order valence-electron chi connectivity index (χ0n) is 11.4. The molecule has 0 atom stereocenters. The number of rotatable bonds is 5. The van der Waals surface area contributed by atoms with Crippen LogP contribution >= 0.6 is 35.0 Å². The molecule has 2 aromatic rings. The van der Waals surface area contributed by atoms with E-state index in [2.05, 4.69) is 10.2 Å². The lowest BCUT2D eigenvalue weighted by molar-refractivity contribution is -0.133. The zero-order valence-corrected chi connectivity index (χ0v) is 13.7. The molecule has 0 saturated heterocycles. The summed E-state index contributed by atoms with van der Waals surface area (Å²) in [6.45, 7) is 3.94. The van der Waals surface area contributed by atoms with Gasteiger partial charge in [-0.25, -0.2) is 0 Å². The zero-order chi connectivity index (χ0) is 15.6. The Morgan fingerprint density at radius 1 is 1.38 bits per heavy atom. The van der Waals surface area contributed by atoms with Crippen molar-refractivity contribution in [1.82, 2.24) is 14.8 Å². The summed E-state index contributed by atoms with van der Waals surface area (Å²) in [6, 6.07) is 5.17. The van der Waals surface area contributed by atoms with E-state index in [-0.39, 0.29) is 11.8 Å². The van der Waals surface area contributed by atoms with Gasteiger partial charge in [-0.1, -0.05) is 35.0 Å². The first kappa shape index (κ1) is 16.1. The molecule has 0 saturated carbocycles. The second-order valence-corrected chi connectivity index (χ2v) is 6.36. The van der Waals surface area contributed by atoms with Gasteiger partial charge in [0.2, 0.25) is 0 Å². The van der Waals surface area contributed by atoms with Crippen LogP contribution in [0.25, 0.3) is 11.4 Å². The molecule has 2 rings (SSSR count). The number of carbonyl (C=O) groups is 1. The van der Waals surface area contributed by atoms with E-state index in [0.717, 1.165) is 11.8 Å². The quantitative estimate of drug-likeness (QED) is 0.829. The molecular weight excluding hydrogens is 333 g/mol. The van der Waals surface area contributed by atoms with Gasteiger partial charge in [-0.2, -0.15) is 0 Å². The lowest BCUT2D eigenvalue weighted by Gasteiger charge is -2.14. The van der Waals surface area contributed by atoms with E-state index in [4.69, 9.17) is 28.3 Å². The van der Waals surface area contributed by atoms with Gasteiger partial charge in [0.15, 0.2) is 11.0 Å². The summed E-state index contributed by atoms with van der Waals surface area (Å²) in [5.41, 5.74) is 0.674. The van der Waals surface area contributed by atoms with Crippen LogP contribution in [-0.2, 0) is 4.79 Å². The minimum atomic E-state index is -0.902. The average molecular weight is 346 g/mol. The van der Waals surface area contributed by atoms with Crippen molar-refractivity contribution in [3.63, 3.8) is 0 Å². The van der Waals surface area contributed by atoms with Crippen LogP contribution in [0.5, 0.6) is 0 Å². The highest BCUT2D eigenvalue weighted by Gasteiger charge is 2.19. The van der Waals surface area contributed by atoms with Gasteiger partial charge in [-0.3, -0.25) is 9.36 Å². The fraction of sp³-hybridized carbons (Fsp3) is 0.308. The van der Waals surface area contributed by atoms with Crippen molar-refractivity contribution < 1.29 is 9.90 Å². The predicted octanol–water partition coefficient (Wildman–Crippen LogP) is 4.01. The van der Waals surface area contributed by atoms with Crippen LogP contribution in [0, 0.1) is 0 Å². The average Bonchev–Trinajstić information content (AvgIpc) is 2.83. The van der Waals surface area contributed by atoms with Crippen LogP contribution in [0.3, 0.4) is 0 Å². The van der Waals surface area contributed by atoms with Gasteiger partial charge in [0, 0.05) is 16.6 Å². The number of aliphatic carboxylic acids is 1. The first-order valence-corrected chi connectivity index (χ1v) is 7.89. The number of nitrogens with zero attached hydrogens (tertiary/aromatic N) is 3. The summed E-state index contributed by atoms with van der Waals surface area (Å²) in [4.78, 5) is 10.7. The number of thioether (sulfide) groups is 1. The summed E-state index contributed by atoms with van der Waals surface area (Å²) in [5.74, 6) is -0.403. The van der Waals surface area contributed by atoms with Gasteiger partial charge < -0.3 is 5.11 Å².